The molecule has 1 saturated carbocycles. The topological polar surface area (TPSA) is 29.5 Å². The third-order valence-corrected chi connectivity index (χ3v) is 4.36. The molecule has 1 atom stereocenters. The summed E-state index contributed by atoms with van der Waals surface area (Å²) in [5, 5.41) is 10.7. The molecule has 2 rings (SSSR count). The number of halogens is 1. The lowest BCUT2D eigenvalue weighted by Crippen LogP contribution is -2.41. The highest BCUT2D eigenvalue weighted by Crippen LogP contribution is 2.42. The quantitative estimate of drug-likeness (QED) is 0.901. The van der Waals surface area contributed by atoms with Crippen LogP contribution in [0.15, 0.2) is 12.1 Å². The number of hydrogen-bond donors (Lipinski definition) is 1. The molecule has 0 radical (unpaired) electrons. The molecule has 1 fully saturated rings. The largest absolute Gasteiger partial charge is 0.385 e. The van der Waals surface area contributed by atoms with Crippen LogP contribution in [0.4, 0.5) is 4.39 Å². The van der Waals surface area contributed by atoms with Crippen LogP contribution < -0.4 is 0 Å². The van der Waals surface area contributed by atoms with E-state index in [1.165, 1.54) is 6.07 Å². The molecule has 1 aromatic carbocycles. The fourth-order valence-corrected chi connectivity index (χ4v) is 3.28. The van der Waals surface area contributed by atoms with Crippen molar-refractivity contribution < 1.29 is 14.2 Å². The molecule has 0 heterocycles. The van der Waals surface area contributed by atoms with Crippen molar-refractivity contribution in [2.75, 3.05) is 7.11 Å². The second-order valence-electron chi connectivity index (χ2n) is 5.71. The Morgan fingerprint density at radius 3 is 2.37 bits per heavy atom. The smallest absolute Gasteiger partial charge is 0.129 e. The van der Waals surface area contributed by atoms with Gasteiger partial charge in [0.1, 0.15) is 11.9 Å². The van der Waals surface area contributed by atoms with Gasteiger partial charge in [0, 0.05) is 12.7 Å². The Morgan fingerprint density at radius 1 is 1.21 bits per heavy atom. The van der Waals surface area contributed by atoms with Gasteiger partial charge in [-0.2, -0.15) is 0 Å². The zero-order chi connectivity index (χ0) is 14.0. The number of methoxy groups -OCH3 is 1. The summed E-state index contributed by atoms with van der Waals surface area (Å²) in [7, 11) is 1.62. The van der Waals surface area contributed by atoms with Gasteiger partial charge in [0.25, 0.3) is 0 Å². The number of aliphatic hydroxyl groups excluding tert-OH is 1. The van der Waals surface area contributed by atoms with E-state index in [4.69, 9.17) is 4.74 Å². The summed E-state index contributed by atoms with van der Waals surface area (Å²) in [5.74, 6) is -0.327. The van der Waals surface area contributed by atoms with E-state index in [1.807, 2.05) is 19.9 Å². The SMILES string of the molecule is COC1(C(O)c2c(C)cc(C)cc2F)CCCCC1. The molecule has 0 aromatic heterocycles. The molecular formula is C16H23FO2. The Kier molecular flexibility index (Phi) is 4.26. The molecule has 0 bridgehead atoms. The van der Waals surface area contributed by atoms with E-state index in [-0.39, 0.29) is 5.82 Å². The molecule has 1 N–H and O–H groups in total. The van der Waals surface area contributed by atoms with Crippen molar-refractivity contribution in [3.63, 3.8) is 0 Å². The van der Waals surface area contributed by atoms with Gasteiger partial charge in [-0.15, -0.1) is 0 Å². The zero-order valence-electron chi connectivity index (χ0n) is 12.0. The third kappa shape index (κ3) is 2.67. The van der Waals surface area contributed by atoms with Crippen LogP contribution in [0, 0.1) is 19.7 Å². The fourth-order valence-electron chi connectivity index (χ4n) is 3.28. The van der Waals surface area contributed by atoms with Gasteiger partial charge in [0.2, 0.25) is 0 Å². The van der Waals surface area contributed by atoms with Crippen LogP contribution >= 0.6 is 0 Å². The minimum atomic E-state index is -0.890. The molecule has 0 saturated heterocycles. The van der Waals surface area contributed by atoms with Crippen LogP contribution in [-0.2, 0) is 4.74 Å². The van der Waals surface area contributed by atoms with E-state index < -0.39 is 11.7 Å². The zero-order valence-corrected chi connectivity index (χ0v) is 12.0. The van der Waals surface area contributed by atoms with Gasteiger partial charge in [0.15, 0.2) is 0 Å². The molecule has 19 heavy (non-hydrogen) atoms. The van der Waals surface area contributed by atoms with Crippen LogP contribution in [-0.4, -0.2) is 17.8 Å². The van der Waals surface area contributed by atoms with E-state index in [2.05, 4.69) is 0 Å². The summed E-state index contributed by atoms with van der Waals surface area (Å²) < 4.78 is 19.8. The molecule has 1 aliphatic carbocycles. The predicted octanol–water partition coefficient (Wildman–Crippen LogP) is 3.83. The minimum Gasteiger partial charge on any atom is -0.385 e. The number of hydrogen-bond acceptors (Lipinski definition) is 2. The summed E-state index contributed by atoms with van der Waals surface area (Å²) in [5.41, 5.74) is 1.45. The molecule has 1 aromatic rings. The average molecular weight is 266 g/mol. The van der Waals surface area contributed by atoms with E-state index in [0.29, 0.717) is 5.56 Å². The number of ether oxygens (including phenoxy) is 1. The van der Waals surface area contributed by atoms with Crippen molar-refractivity contribution in [3.05, 3.63) is 34.6 Å². The molecule has 0 spiro atoms. The highest BCUT2D eigenvalue weighted by Gasteiger charge is 2.41. The second-order valence-corrected chi connectivity index (χ2v) is 5.71. The van der Waals surface area contributed by atoms with Crippen LogP contribution in [0.2, 0.25) is 0 Å². The van der Waals surface area contributed by atoms with Crippen LogP contribution in [0.1, 0.15) is 54.9 Å². The molecule has 1 aliphatic rings. The van der Waals surface area contributed by atoms with E-state index in [1.54, 1.807) is 7.11 Å². The van der Waals surface area contributed by atoms with Crippen LogP contribution in [0.5, 0.6) is 0 Å². The number of rotatable bonds is 3. The third-order valence-electron chi connectivity index (χ3n) is 4.36. The number of aliphatic hydroxyl groups is 1. The van der Waals surface area contributed by atoms with E-state index >= 15 is 0 Å². The Hall–Kier alpha value is -0.930. The summed E-state index contributed by atoms with van der Waals surface area (Å²) >= 11 is 0. The van der Waals surface area contributed by atoms with Crippen LogP contribution in [0.25, 0.3) is 0 Å². The van der Waals surface area contributed by atoms with Crippen molar-refractivity contribution >= 4 is 0 Å². The average Bonchev–Trinajstić information content (AvgIpc) is 2.38. The van der Waals surface area contributed by atoms with Gasteiger partial charge in [-0.1, -0.05) is 25.3 Å². The highest BCUT2D eigenvalue weighted by atomic mass is 19.1. The first kappa shape index (κ1) is 14.5. The Morgan fingerprint density at radius 2 is 1.84 bits per heavy atom. The maximum Gasteiger partial charge on any atom is 0.129 e. The van der Waals surface area contributed by atoms with E-state index in [0.717, 1.165) is 43.2 Å². The van der Waals surface area contributed by atoms with Crippen molar-refractivity contribution in [1.29, 1.82) is 0 Å². The number of benzene rings is 1. The lowest BCUT2D eigenvalue weighted by molar-refractivity contribution is -0.126. The lowest BCUT2D eigenvalue weighted by Gasteiger charge is -2.40. The van der Waals surface area contributed by atoms with Crippen LogP contribution in [0.3, 0.4) is 0 Å². The molecule has 0 aliphatic heterocycles. The van der Waals surface area contributed by atoms with Gasteiger partial charge in [0.05, 0.1) is 5.60 Å². The summed E-state index contributed by atoms with van der Waals surface area (Å²) in [6.07, 6.45) is 3.90. The van der Waals surface area contributed by atoms with Crippen molar-refractivity contribution in [2.45, 2.75) is 57.7 Å². The maximum atomic E-state index is 14.2. The van der Waals surface area contributed by atoms with Crippen molar-refractivity contribution in [3.8, 4) is 0 Å². The van der Waals surface area contributed by atoms with Gasteiger partial charge >= 0.3 is 0 Å². The molecule has 2 nitrogen and oxygen atoms in total. The normalized spacial score (nSPS) is 20.3. The maximum absolute atomic E-state index is 14.2. The second kappa shape index (κ2) is 5.59. The first-order chi connectivity index (χ1) is 9.00. The first-order valence-electron chi connectivity index (χ1n) is 7.00. The lowest BCUT2D eigenvalue weighted by atomic mass is 9.77. The molecular weight excluding hydrogens is 243 g/mol. The summed E-state index contributed by atoms with van der Waals surface area (Å²) in [4.78, 5) is 0. The molecule has 0 amide bonds. The summed E-state index contributed by atoms with van der Waals surface area (Å²) in [6.45, 7) is 3.71. The monoisotopic (exact) mass is 266 g/mol. The van der Waals surface area contributed by atoms with Crippen molar-refractivity contribution in [1.82, 2.24) is 0 Å². The highest BCUT2D eigenvalue weighted by molar-refractivity contribution is 5.35. The van der Waals surface area contributed by atoms with Crippen molar-refractivity contribution in [2.24, 2.45) is 0 Å². The Labute approximate surface area is 114 Å². The summed E-state index contributed by atoms with van der Waals surface area (Å²) in [6, 6.07) is 3.39. The predicted molar refractivity (Wildman–Crippen MR) is 73.7 cm³/mol. The number of aryl methyl sites for hydroxylation is 2. The molecule has 3 heteroatoms. The van der Waals surface area contributed by atoms with Gasteiger partial charge in [-0.05, 0) is 43.9 Å². The van der Waals surface area contributed by atoms with Gasteiger partial charge in [-0.25, -0.2) is 4.39 Å². The molecule has 1 unspecified atom stereocenters. The van der Waals surface area contributed by atoms with Gasteiger partial charge in [-0.3, -0.25) is 0 Å². The first-order valence-corrected chi connectivity index (χ1v) is 7.00. The van der Waals surface area contributed by atoms with E-state index in [9.17, 15) is 9.50 Å². The minimum absolute atomic E-state index is 0.327. The molecule has 106 valence electrons. The fraction of sp³-hybridized carbons (Fsp3) is 0.625. The standard InChI is InChI=1S/C16H23FO2/c1-11-9-12(2)14(13(17)10-11)15(18)16(19-3)7-5-4-6-8-16/h9-10,15,18H,4-8H2,1-3H3. The Bertz CT molecular complexity index is 427. The Balaban J connectivity index is 2.40. The van der Waals surface area contributed by atoms with Gasteiger partial charge < -0.3 is 9.84 Å².